The number of nitrogens with zero attached hydrogens (tertiary/aromatic N) is 2. The fourth-order valence-corrected chi connectivity index (χ4v) is 3.39. The summed E-state index contributed by atoms with van der Waals surface area (Å²) < 4.78 is 7.44. The second-order valence-corrected chi connectivity index (χ2v) is 6.54. The van der Waals surface area contributed by atoms with E-state index in [9.17, 15) is 4.79 Å². The molecule has 5 nitrogen and oxygen atoms in total. The van der Waals surface area contributed by atoms with Crippen LogP contribution in [0.1, 0.15) is 29.3 Å². The molecule has 0 unspecified atom stereocenters. The van der Waals surface area contributed by atoms with Crippen molar-refractivity contribution in [2.24, 2.45) is 5.92 Å². The van der Waals surface area contributed by atoms with E-state index < -0.39 is 0 Å². The Labute approximate surface area is 146 Å². The van der Waals surface area contributed by atoms with Crippen molar-refractivity contribution in [3.05, 3.63) is 65.6 Å². The molecule has 1 saturated carbocycles. The Kier molecular flexibility index (Phi) is 3.92. The summed E-state index contributed by atoms with van der Waals surface area (Å²) in [6.45, 7) is 2.49. The predicted octanol–water partition coefficient (Wildman–Crippen LogP) is 3.07. The van der Waals surface area contributed by atoms with Crippen LogP contribution in [0.15, 0.2) is 48.7 Å². The Morgan fingerprint density at radius 1 is 1.28 bits per heavy atom. The van der Waals surface area contributed by atoms with Crippen LogP contribution in [0.4, 0.5) is 0 Å². The average Bonchev–Trinajstić information content (AvgIpc) is 3.32. The summed E-state index contributed by atoms with van der Waals surface area (Å²) in [5.74, 6) is 1.22. The smallest absolute Gasteiger partial charge is 0.224 e. The number of methoxy groups -OCH3 is 1. The van der Waals surface area contributed by atoms with Gasteiger partial charge in [-0.15, -0.1) is 0 Å². The molecule has 0 bridgehead atoms. The van der Waals surface area contributed by atoms with Crippen LogP contribution in [0.5, 0.6) is 5.75 Å². The summed E-state index contributed by atoms with van der Waals surface area (Å²) in [6.07, 6.45) is 2.85. The van der Waals surface area contributed by atoms with Crippen molar-refractivity contribution in [3.8, 4) is 5.75 Å². The van der Waals surface area contributed by atoms with Crippen LogP contribution in [0.3, 0.4) is 0 Å². The minimum Gasteiger partial charge on any atom is -0.496 e. The SMILES string of the molecule is COc1ccccc1[C@H]1C[C@@H]1C(=O)NCc1cn2c(C)cccc2n1. The van der Waals surface area contributed by atoms with E-state index in [2.05, 4.69) is 10.3 Å². The zero-order valence-electron chi connectivity index (χ0n) is 14.4. The van der Waals surface area contributed by atoms with E-state index in [-0.39, 0.29) is 17.7 Å². The fraction of sp³-hybridized carbons (Fsp3) is 0.300. The quantitative estimate of drug-likeness (QED) is 0.779. The van der Waals surface area contributed by atoms with Crippen LogP contribution in [0.25, 0.3) is 5.65 Å². The minimum atomic E-state index is 0.0232. The number of carbonyl (C=O) groups is 1. The molecule has 1 fully saturated rings. The summed E-state index contributed by atoms with van der Waals surface area (Å²) >= 11 is 0. The van der Waals surface area contributed by atoms with Gasteiger partial charge in [-0.25, -0.2) is 4.98 Å². The molecular formula is C20H21N3O2. The van der Waals surface area contributed by atoms with Crippen molar-refractivity contribution in [3.63, 3.8) is 0 Å². The van der Waals surface area contributed by atoms with Crippen molar-refractivity contribution < 1.29 is 9.53 Å². The largest absolute Gasteiger partial charge is 0.496 e. The van der Waals surface area contributed by atoms with Crippen LogP contribution < -0.4 is 10.1 Å². The molecule has 128 valence electrons. The van der Waals surface area contributed by atoms with Gasteiger partial charge in [0.2, 0.25) is 5.91 Å². The van der Waals surface area contributed by atoms with Crippen LogP contribution in [0, 0.1) is 12.8 Å². The first-order valence-electron chi connectivity index (χ1n) is 8.51. The standard InChI is InChI=1S/C20H21N3O2/c1-13-6-5-9-19-22-14(12-23(13)19)11-21-20(24)17-10-16(17)15-7-3-4-8-18(15)25-2/h3-9,12,16-17H,10-11H2,1-2H3,(H,21,24)/t16-,17+/m1/s1. The Bertz CT molecular complexity index is 932. The van der Waals surface area contributed by atoms with Crippen LogP contribution in [0.2, 0.25) is 0 Å². The summed E-state index contributed by atoms with van der Waals surface area (Å²) in [4.78, 5) is 17.0. The van der Waals surface area contributed by atoms with E-state index in [0.717, 1.165) is 34.8 Å². The second kappa shape index (κ2) is 6.24. The molecule has 0 saturated heterocycles. The third-order valence-electron chi connectivity index (χ3n) is 4.86. The number of hydrogen-bond acceptors (Lipinski definition) is 3. The number of ether oxygens (including phenoxy) is 1. The number of pyridine rings is 1. The predicted molar refractivity (Wildman–Crippen MR) is 95.6 cm³/mol. The topological polar surface area (TPSA) is 55.6 Å². The highest BCUT2D eigenvalue weighted by molar-refractivity contribution is 5.83. The molecule has 0 radical (unpaired) electrons. The summed E-state index contributed by atoms with van der Waals surface area (Å²) in [5.41, 5.74) is 4.02. The second-order valence-electron chi connectivity index (χ2n) is 6.54. The summed E-state index contributed by atoms with van der Waals surface area (Å²) in [5, 5.41) is 3.02. The van der Waals surface area contributed by atoms with Crippen LogP contribution >= 0.6 is 0 Å². The van der Waals surface area contributed by atoms with Crippen molar-refractivity contribution >= 4 is 11.6 Å². The van der Waals surface area contributed by atoms with Crippen molar-refractivity contribution in [1.29, 1.82) is 0 Å². The highest BCUT2D eigenvalue weighted by Gasteiger charge is 2.45. The lowest BCUT2D eigenvalue weighted by Crippen LogP contribution is -2.25. The monoisotopic (exact) mass is 335 g/mol. The van der Waals surface area contributed by atoms with Gasteiger partial charge in [-0.1, -0.05) is 24.3 Å². The Hall–Kier alpha value is -2.82. The lowest BCUT2D eigenvalue weighted by Gasteiger charge is -2.07. The van der Waals surface area contributed by atoms with Gasteiger partial charge >= 0.3 is 0 Å². The van der Waals surface area contributed by atoms with Gasteiger partial charge in [0.1, 0.15) is 11.4 Å². The molecule has 5 heteroatoms. The maximum Gasteiger partial charge on any atom is 0.224 e. The zero-order chi connectivity index (χ0) is 17.4. The number of para-hydroxylation sites is 1. The molecule has 2 atom stereocenters. The van der Waals surface area contributed by atoms with Crippen molar-refractivity contribution in [2.45, 2.75) is 25.8 Å². The Morgan fingerprint density at radius 2 is 2.12 bits per heavy atom. The van der Waals surface area contributed by atoms with Gasteiger partial charge in [0.25, 0.3) is 0 Å². The Morgan fingerprint density at radius 3 is 2.92 bits per heavy atom. The molecule has 1 amide bonds. The molecule has 1 aliphatic rings. The molecule has 0 spiro atoms. The third kappa shape index (κ3) is 2.97. The number of hydrogen-bond donors (Lipinski definition) is 1. The van der Waals surface area contributed by atoms with E-state index in [0.29, 0.717) is 6.54 Å². The molecule has 1 N–H and O–H groups in total. The van der Waals surface area contributed by atoms with E-state index in [1.54, 1.807) is 7.11 Å². The number of benzene rings is 1. The highest BCUT2D eigenvalue weighted by atomic mass is 16.5. The van der Waals surface area contributed by atoms with E-state index in [1.165, 1.54) is 0 Å². The van der Waals surface area contributed by atoms with Crippen molar-refractivity contribution in [2.75, 3.05) is 7.11 Å². The van der Waals surface area contributed by atoms with Gasteiger partial charge in [-0.05, 0) is 43.0 Å². The summed E-state index contributed by atoms with van der Waals surface area (Å²) in [6, 6.07) is 13.9. The fourth-order valence-electron chi connectivity index (χ4n) is 3.39. The first-order chi connectivity index (χ1) is 12.2. The highest BCUT2D eigenvalue weighted by Crippen LogP contribution is 2.50. The van der Waals surface area contributed by atoms with Gasteiger partial charge in [0.15, 0.2) is 0 Å². The molecule has 3 aromatic rings. The molecule has 2 aromatic heterocycles. The van der Waals surface area contributed by atoms with Crippen LogP contribution in [-0.2, 0) is 11.3 Å². The average molecular weight is 335 g/mol. The molecule has 4 rings (SSSR count). The number of aromatic nitrogens is 2. The maximum atomic E-state index is 12.5. The van der Waals surface area contributed by atoms with E-state index in [1.807, 2.05) is 60.0 Å². The zero-order valence-corrected chi connectivity index (χ0v) is 14.4. The number of nitrogens with one attached hydrogen (secondary N) is 1. The molecule has 0 aliphatic heterocycles. The Balaban J connectivity index is 1.40. The molecular weight excluding hydrogens is 314 g/mol. The van der Waals surface area contributed by atoms with Crippen LogP contribution in [-0.4, -0.2) is 22.4 Å². The number of imidazole rings is 1. The first-order valence-corrected chi connectivity index (χ1v) is 8.51. The normalized spacial score (nSPS) is 19.0. The molecule has 2 heterocycles. The summed E-state index contributed by atoms with van der Waals surface area (Å²) in [7, 11) is 1.67. The molecule has 25 heavy (non-hydrogen) atoms. The number of fused-ring (bicyclic) bond motifs is 1. The number of aryl methyl sites for hydroxylation is 1. The van der Waals surface area contributed by atoms with E-state index in [4.69, 9.17) is 4.74 Å². The molecule has 1 aliphatic carbocycles. The van der Waals surface area contributed by atoms with Gasteiger partial charge in [0, 0.05) is 17.8 Å². The lowest BCUT2D eigenvalue weighted by molar-refractivity contribution is -0.122. The third-order valence-corrected chi connectivity index (χ3v) is 4.86. The number of carbonyl (C=O) groups excluding carboxylic acids is 1. The van der Waals surface area contributed by atoms with Gasteiger partial charge in [-0.2, -0.15) is 0 Å². The van der Waals surface area contributed by atoms with Gasteiger partial charge in [0.05, 0.1) is 19.3 Å². The first kappa shape index (κ1) is 15.7. The van der Waals surface area contributed by atoms with Crippen molar-refractivity contribution in [1.82, 2.24) is 14.7 Å². The maximum absolute atomic E-state index is 12.5. The molecule has 1 aromatic carbocycles. The van der Waals surface area contributed by atoms with Gasteiger partial charge in [-0.3, -0.25) is 4.79 Å². The van der Waals surface area contributed by atoms with E-state index >= 15 is 0 Å². The lowest BCUT2D eigenvalue weighted by atomic mass is 10.1. The van der Waals surface area contributed by atoms with Gasteiger partial charge < -0.3 is 14.5 Å². The minimum absolute atomic E-state index is 0.0232. The number of rotatable bonds is 5. The number of amides is 1.